The van der Waals surface area contributed by atoms with Gasteiger partial charge in [-0.3, -0.25) is 9.69 Å². The molecule has 0 aliphatic carbocycles. The Morgan fingerprint density at radius 3 is 2.42 bits per heavy atom. The summed E-state index contributed by atoms with van der Waals surface area (Å²) in [5.74, 6) is -0.118. The Hall–Kier alpha value is -2.90. The first-order valence-corrected chi connectivity index (χ1v) is 10.8. The molecule has 31 heavy (non-hydrogen) atoms. The Bertz CT molecular complexity index is 820. The van der Waals surface area contributed by atoms with Crippen LogP contribution in [0.2, 0.25) is 0 Å². The summed E-state index contributed by atoms with van der Waals surface area (Å²) in [4.78, 5) is 28.4. The first-order valence-electron chi connectivity index (χ1n) is 10.8. The van der Waals surface area contributed by atoms with E-state index >= 15 is 0 Å². The number of carbonyl (C=O) groups is 2. The molecule has 1 aliphatic heterocycles. The van der Waals surface area contributed by atoms with E-state index in [1.165, 1.54) is 5.56 Å². The van der Waals surface area contributed by atoms with Gasteiger partial charge in [0.2, 0.25) is 5.91 Å². The standard InChI is InChI=1S/C24H32N4O3/c1-27(19-21-5-3-2-4-6-21)24(30)25-13-11-23(29)26-22-9-7-20(8-10-22)12-14-28-15-17-31-18-16-28/h2-10H,11-19H2,1H3,(H,25,30)(H,26,29). The summed E-state index contributed by atoms with van der Waals surface area (Å²) in [5, 5.41) is 5.68. The molecule has 0 spiro atoms. The highest BCUT2D eigenvalue weighted by Gasteiger charge is 2.11. The lowest BCUT2D eigenvalue weighted by atomic mass is 10.1. The minimum Gasteiger partial charge on any atom is -0.379 e. The number of hydrogen-bond acceptors (Lipinski definition) is 4. The number of nitrogens with zero attached hydrogens (tertiary/aromatic N) is 2. The number of amides is 3. The van der Waals surface area contributed by atoms with Gasteiger partial charge in [0.15, 0.2) is 0 Å². The average molecular weight is 425 g/mol. The monoisotopic (exact) mass is 424 g/mol. The van der Waals surface area contributed by atoms with Crippen LogP contribution in [0.4, 0.5) is 10.5 Å². The molecule has 0 bridgehead atoms. The van der Waals surface area contributed by atoms with Gasteiger partial charge in [-0.2, -0.15) is 0 Å². The van der Waals surface area contributed by atoms with Crippen molar-refractivity contribution < 1.29 is 14.3 Å². The molecule has 2 aromatic rings. The van der Waals surface area contributed by atoms with Crippen LogP contribution in [0.25, 0.3) is 0 Å². The molecule has 0 atom stereocenters. The molecule has 0 unspecified atom stereocenters. The van der Waals surface area contributed by atoms with E-state index in [-0.39, 0.29) is 18.4 Å². The van der Waals surface area contributed by atoms with Crippen LogP contribution in [0, 0.1) is 0 Å². The van der Waals surface area contributed by atoms with Crippen LogP contribution < -0.4 is 10.6 Å². The molecule has 1 heterocycles. The van der Waals surface area contributed by atoms with E-state index in [9.17, 15) is 9.59 Å². The molecule has 1 fully saturated rings. The number of morpholine rings is 1. The molecule has 166 valence electrons. The number of ether oxygens (including phenoxy) is 1. The predicted octanol–water partition coefficient (Wildman–Crippen LogP) is 2.73. The number of urea groups is 1. The van der Waals surface area contributed by atoms with E-state index in [4.69, 9.17) is 4.74 Å². The minimum absolute atomic E-state index is 0.118. The normalized spacial score (nSPS) is 14.1. The second-order valence-electron chi connectivity index (χ2n) is 7.77. The van der Waals surface area contributed by atoms with Gasteiger partial charge in [0, 0.05) is 51.9 Å². The van der Waals surface area contributed by atoms with Gasteiger partial charge in [-0.25, -0.2) is 4.79 Å². The van der Waals surface area contributed by atoms with E-state index in [1.54, 1.807) is 11.9 Å². The molecular formula is C24H32N4O3. The lowest BCUT2D eigenvalue weighted by Gasteiger charge is -2.26. The molecule has 2 N–H and O–H groups in total. The molecule has 7 nitrogen and oxygen atoms in total. The number of rotatable bonds is 9. The van der Waals surface area contributed by atoms with Gasteiger partial charge in [-0.1, -0.05) is 42.5 Å². The molecule has 1 aliphatic rings. The van der Waals surface area contributed by atoms with Gasteiger partial charge < -0.3 is 20.3 Å². The fourth-order valence-electron chi connectivity index (χ4n) is 3.44. The third-order valence-electron chi connectivity index (χ3n) is 5.30. The SMILES string of the molecule is CN(Cc1ccccc1)C(=O)NCCC(=O)Nc1ccc(CCN2CCOCC2)cc1. The van der Waals surface area contributed by atoms with E-state index in [2.05, 4.69) is 27.7 Å². The molecule has 0 aromatic heterocycles. The van der Waals surface area contributed by atoms with Crippen molar-refractivity contribution >= 4 is 17.6 Å². The van der Waals surface area contributed by atoms with Crippen molar-refractivity contribution in [1.82, 2.24) is 15.1 Å². The average Bonchev–Trinajstić information content (AvgIpc) is 2.80. The first-order chi connectivity index (χ1) is 15.1. The van der Waals surface area contributed by atoms with Gasteiger partial charge in [-0.15, -0.1) is 0 Å². The summed E-state index contributed by atoms with van der Waals surface area (Å²) in [5.41, 5.74) is 3.08. The third-order valence-corrected chi connectivity index (χ3v) is 5.30. The van der Waals surface area contributed by atoms with Crippen molar-refractivity contribution in [2.24, 2.45) is 0 Å². The fourth-order valence-corrected chi connectivity index (χ4v) is 3.44. The van der Waals surface area contributed by atoms with Gasteiger partial charge in [0.25, 0.3) is 0 Å². The van der Waals surface area contributed by atoms with Crippen molar-refractivity contribution in [3.05, 3.63) is 65.7 Å². The molecule has 3 amide bonds. The maximum atomic E-state index is 12.2. The smallest absolute Gasteiger partial charge is 0.317 e. The van der Waals surface area contributed by atoms with Crippen molar-refractivity contribution in [2.45, 2.75) is 19.4 Å². The first kappa shape index (κ1) is 22.8. The zero-order valence-corrected chi connectivity index (χ0v) is 18.2. The van der Waals surface area contributed by atoms with Crippen LogP contribution >= 0.6 is 0 Å². The molecule has 0 radical (unpaired) electrons. The van der Waals surface area contributed by atoms with Crippen LogP contribution in [0.1, 0.15) is 17.5 Å². The molecular weight excluding hydrogens is 392 g/mol. The maximum Gasteiger partial charge on any atom is 0.317 e. The van der Waals surface area contributed by atoms with Crippen LogP contribution in [-0.4, -0.2) is 68.2 Å². The summed E-state index contributed by atoms with van der Waals surface area (Å²) >= 11 is 0. The zero-order valence-electron chi connectivity index (χ0n) is 18.2. The topological polar surface area (TPSA) is 73.9 Å². The van der Waals surface area contributed by atoms with E-state index in [1.807, 2.05) is 42.5 Å². The molecule has 7 heteroatoms. The van der Waals surface area contributed by atoms with Crippen molar-refractivity contribution in [3.63, 3.8) is 0 Å². The van der Waals surface area contributed by atoms with Crippen LogP contribution in [0.15, 0.2) is 54.6 Å². The Morgan fingerprint density at radius 2 is 1.71 bits per heavy atom. The summed E-state index contributed by atoms with van der Waals surface area (Å²) in [6.45, 7) is 5.45. The van der Waals surface area contributed by atoms with Gasteiger partial charge in [0.05, 0.1) is 13.2 Å². The van der Waals surface area contributed by atoms with Crippen molar-refractivity contribution in [2.75, 3.05) is 51.8 Å². The zero-order chi connectivity index (χ0) is 21.9. The summed E-state index contributed by atoms with van der Waals surface area (Å²) < 4.78 is 5.37. The molecule has 1 saturated heterocycles. The molecule has 0 saturated carbocycles. The molecule has 2 aromatic carbocycles. The number of anilines is 1. The minimum atomic E-state index is -0.193. The highest BCUT2D eigenvalue weighted by molar-refractivity contribution is 5.91. The van der Waals surface area contributed by atoms with Crippen LogP contribution in [0.5, 0.6) is 0 Å². The number of carbonyl (C=O) groups excluding carboxylic acids is 2. The molecule has 3 rings (SSSR count). The third kappa shape index (κ3) is 8.03. The van der Waals surface area contributed by atoms with Crippen LogP contribution in [0.3, 0.4) is 0 Å². The Morgan fingerprint density at radius 1 is 1.00 bits per heavy atom. The van der Waals surface area contributed by atoms with Crippen molar-refractivity contribution in [1.29, 1.82) is 0 Å². The van der Waals surface area contributed by atoms with E-state index < -0.39 is 0 Å². The summed E-state index contributed by atoms with van der Waals surface area (Å²) in [6.07, 6.45) is 1.21. The van der Waals surface area contributed by atoms with E-state index in [0.717, 1.165) is 50.5 Å². The van der Waals surface area contributed by atoms with Gasteiger partial charge in [-0.05, 0) is 29.7 Å². The number of nitrogens with one attached hydrogen (secondary N) is 2. The van der Waals surface area contributed by atoms with Crippen molar-refractivity contribution in [3.8, 4) is 0 Å². The largest absolute Gasteiger partial charge is 0.379 e. The Labute approximate surface area is 184 Å². The van der Waals surface area contributed by atoms with Gasteiger partial charge >= 0.3 is 6.03 Å². The van der Waals surface area contributed by atoms with Gasteiger partial charge in [0.1, 0.15) is 0 Å². The van der Waals surface area contributed by atoms with Crippen LogP contribution in [-0.2, 0) is 22.5 Å². The number of benzene rings is 2. The lowest BCUT2D eigenvalue weighted by molar-refractivity contribution is -0.116. The second-order valence-corrected chi connectivity index (χ2v) is 7.77. The fraction of sp³-hybridized carbons (Fsp3) is 0.417. The Balaban J connectivity index is 1.33. The highest BCUT2D eigenvalue weighted by Crippen LogP contribution is 2.11. The number of hydrogen-bond donors (Lipinski definition) is 2. The Kier molecular flexibility index (Phi) is 8.87. The second kappa shape index (κ2) is 12.1. The van der Waals surface area contributed by atoms with E-state index in [0.29, 0.717) is 13.1 Å². The summed E-state index contributed by atoms with van der Waals surface area (Å²) in [7, 11) is 1.74. The lowest BCUT2D eigenvalue weighted by Crippen LogP contribution is -2.38. The summed E-state index contributed by atoms with van der Waals surface area (Å²) in [6, 6.07) is 17.6. The quantitative estimate of drug-likeness (QED) is 0.649. The highest BCUT2D eigenvalue weighted by atomic mass is 16.5. The maximum absolute atomic E-state index is 12.2. The predicted molar refractivity (Wildman–Crippen MR) is 122 cm³/mol.